The fourth-order valence-corrected chi connectivity index (χ4v) is 4.39. The molecular formula is C28H30N2O2. The van der Waals surface area contributed by atoms with E-state index in [1.54, 1.807) is 0 Å². The number of rotatable bonds is 6. The number of anilines is 2. The van der Waals surface area contributed by atoms with Gasteiger partial charge < -0.3 is 10.2 Å². The average molecular weight is 427 g/mol. The molecule has 4 rings (SSSR count). The van der Waals surface area contributed by atoms with Gasteiger partial charge in [0.25, 0.3) is 0 Å². The van der Waals surface area contributed by atoms with E-state index < -0.39 is 0 Å². The van der Waals surface area contributed by atoms with Crippen LogP contribution in [0.25, 0.3) is 0 Å². The Bertz CT molecular complexity index is 1040. The second-order valence-electron chi connectivity index (χ2n) is 8.72. The van der Waals surface area contributed by atoms with E-state index >= 15 is 0 Å². The third-order valence-corrected chi connectivity index (χ3v) is 6.04. The zero-order valence-electron chi connectivity index (χ0n) is 18.8. The van der Waals surface area contributed by atoms with E-state index in [4.69, 9.17) is 0 Å². The van der Waals surface area contributed by atoms with Crippen LogP contribution in [0.3, 0.4) is 0 Å². The fourth-order valence-electron chi connectivity index (χ4n) is 4.39. The van der Waals surface area contributed by atoms with Gasteiger partial charge in [0.1, 0.15) is 0 Å². The summed E-state index contributed by atoms with van der Waals surface area (Å²) in [5, 5.41) is 3.07. The molecule has 0 saturated heterocycles. The van der Waals surface area contributed by atoms with Crippen molar-refractivity contribution in [2.24, 2.45) is 5.92 Å². The third-order valence-electron chi connectivity index (χ3n) is 6.04. The minimum atomic E-state index is -0.0586. The number of nitrogens with one attached hydrogen (secondary N) is 1. The number of aryl methyl sites for hydroxylation is 1. The Kier molecular flexibility index (Phi) is 6.69. The second-order valence-corrected chi connectivity index (χ2v) is 8.72. The molecule has 2 amide bonds. The number of nitrogens with zero attached hydrogens (tertiary/aromatic N) is 1. The van der Waals surface area contributed by atoms with Gasteiger partial charge in [0.05, 0.1) is 0 Å². The Morgan fingerprint density at radius 2 is 1.53 bits per heavy atom. The van der Waals surface area contributed by atoms with Gasteiger partial charge in [-0.2, -0.15) is 0 Å². The lowest BCUT2D eigenvalue weighted by atomic mass is 9.88. The molecule has 0 spiro atoms. The molecule has 0 atom stereocenters. The highest BCUT2D eigenvalue weighted by Crippen LogP contribution is 2.32. The van der Waals surface area contributed by atoms with Crippen molar-refractivity contribution in [2.45, 2.75) is 39.0 Å². The largest absolute Gasteiger partial charge is 0.326 e. The monoisotopic (exact) mass is 426 g/mol. The molecule has 1 aliphatic rings. The number of hydrogen-bond acceptors (Lipinski definition) is 2. The van der Waals surface area contributed by atoms with Crippen LogP contribution in [-0.2, 0) is 16.0 Å². The molecule has 3 aromatic carbocycles. The maximum atomic E-state index is 13.1. The average Bonchev–Trinajstić information content (AvgIpc) is 2.82. The Morgan fingerprint density at radius 3 is 2.12 bits per heavy atom. The highest BCUT2D eigenvalue weighted by molar-refractivity contribution is 5.97. The van der Waals surface area contributed by atoms with Gasteiger partial charge in [-0.15, -0.1) is 0 Å². The van der Waals surface area contributed by atoms with Crippen molar-refractivity contribution in [1.29, 1.82) is 0 Å². The maximum absolute atomic E-state index is 13.1. The lowest BCUT2D eigenvalue weighted by Gasteiger charge is -2.31. The first-order valence-electron chi connectivity index (χ1n) is 11.4. The first-order chi connectivity index (χ1) is 15.5. The summed E-state index contributed by atoms with van der Waals surface area (Å²) >= 11 is 0. The van der Waals surface area contributed by atoms with Gasteiger partial charge in [0.2, 0.25) is 11.8 Å². The van der Waals surface area contributed by atoms with Crippen LogP contribution in [0.15, 0.2) is 78.9 Å². The van der Waals surface area contributed by atoms with E-state index in [-0.39, 0.29) is 23.7 Å². The summed E-state index contributed by atoms with van der Waals surface area (Å²) in [6, 6.07) is 26.2. The van der Waals surface area contributed by atoms with Crippen LogP contribution in [0.4, 0.5) is 11.4 Å². The number of amides is 2. The molecule has 0 aromatic heterocycles. The number of fused-ring (bicyclic) bond motifs is 1. The van der Waals surface area contributed by atoms with E-state index in [2.05, 4.69) is 29.6 Å². The molecule has 1 N–H and O–H groups in total. The van der Waals surface area contributed by atoms with Crippen molar-refractivity contribution in [1.82, 2.24) is 0 Å². The van der Waals surface area contributed by atoms with Gasteiger partial charge >= 0.3 is 0 Å². The molecule has 4 nitrogen and oxygen atoms in total. The zero-order chi connectivity index (χ0) is 22.5. The lowest BCUT2D eigenvalue weighted by molar-refractivity contribution is -0.121. The summed E-state index contributed by atoms with van der Waals surface area (Å²) in [6.45, 7) is 4.58. The second kappa shape index (κ2) is 9.82. The molecule has 164 valence electrons. The normalized spacial score (nSPS) is 13.2. The van der Waals surface area contributed by atoms with Crippen LogP contribution < -0.4 is 10.2 Å². The van der Waals surface area contributed by atoms with Crippen LogP contribution in [-0.4, -0.2) is 18.4 Å². The van der Waals surface area contributed by atoms with E-state index in [1.165, 1.54) is 0 Å². The van der Waals surface area contributed by atoms with Crippen LogP contribution in [0.1, 0.15) is 49.3 Å². The summed E-state index contributed by atoms with van der Waals surface area (Å²) < 4.78 is 0. The minimum absolute atomic E-state index is 0.0194. The summed E-state index contributed by atoms with van der Waals surface area (Å²) in [4.78, 5) is 27.6. The van der Waals surface area contributed by atoms with Gasteiger partial charge in [-0.05, 0) is 41.7 Å². The van der Waals surface area contributed by atoms with Gasteiger partial charge in [-0.3, -0.25) is 9.59 Å². The zero-order valence-corrected chi connectivity index (χ0v) is 18.8. The van der Waals surface area contributed by atoms with Crippen LogP contribution in [0.2, 0.25) is 0 Å². The van der Waals surface area contributed by atoms with Gasteiger partial charge in [0, 0.05) is 36.2 Å². The van der Waals surface area contributed by atoms with Crippen LogP contribution >= 0.6 is 0 Å². The first-order valence-corrected chi connectivity index (χ1v) is 11.4. The molecule has 0 saturated carbocycles. The van der Waals surface area contributed by atoms with Gasteiger partial charge in [-0.25, -0.2) is 0 Å². The molecule has 0 aliphatic carbocycles. The predicted octanol–water partition coefficient (Wildman–Crippen LogP) is 5.78. The maximum Gasteiger partial charge on any atom is 0.229 e. The molecule has 3 aromatic rings. The smallest absolute Gasteiger partial charge is 0.229 e. The van der Waals surface area contributed by atoms with Crippen molar-refractivity contribution in [3.63, 3.8) is 0 Å². The SMILES string of the molecule is CC(C)C(=O)N1CCCc2ccc(NC(=O)CC(c3ccccc3)c3ccccc3)cc21. The number of benzene rings is 3. The van der Waals surface area contributed by atoms with E-state index in [9.17, 15) is 9.59 Å². The highest BCUT2D eigenvalue weighted by Gasteiger charge is 2.25. The van der Waals surface area contributed by atoms with Gasteiger partial charge in [-0.1, -0.05) is 80.6 Å². The molecule has 32 heavy (non-hydrogen) atoms. The van der Waals surface area contributed by atoms with E-state index in [0.717, 1.165) is 47.5 Å². The van der Waals surface area contributed by atoms with Crippen molar-refractivity contribution in [2.75, 3.05) is 16.8 Å². The van der Waals surface area contributed by atoms with Crippen LogP contribution in [0.5, 0.6) is 0 Å². The Hall–Kier alpha value is -3.40. The Labute approximate surface area is 190 Å². The minimum Gasteiger partial charge on any atom is -0.326 e. The number of carbonyl (C=O) groups excluding carboxylic acids is 2. The topological polar surface area (TPSA) is 49.4 Å². The standard InChI is InChI=1S/C28H30N2O2/c1-20(2)28(32)30-17-9-14-23-15-16-24(18-26(23)30)29-27(31)19-25(21-10-5-3-6-11-21)22-12-7-4-8-13-22/h3-8,10-13,15-16,18,20,25H,9,14,17,19H2,1-2H3,(H,29,31). The lowest BCUT2D eigenvalue weighted by Crippen LogP contribution is -2.38. The third kappa shape index (κ3) is 4.91. The van der Waals surface area contributed by atoms with Crippen molar-refractivity contribution < 1.29 is 9.59 Å². The van der Waals surface area contributed by atoms with E-state index in [1.807, 2.05) is 73.3 Å². The summed E-state index contributed by atoms with van der Waals surface area (Å²) in [7, 11) is 0. The molecule has 0 fully saturated rings. The predicted molar refractivity (Wildman–Crippen MR) is 130 cm³/mol. The molecule has 1 heterocycles. The molecule has 4 heteroatoms. The van der Waals surface area contributed by atoms with Crippen molar-refractivity contribution in [3.05, 3.63) is 95.6 Å². The van der Waals surface area contributed by atoms with Crippen molar-refractivity contribution in [3.8, 4) is 0 Å². The first kappa shape index (κ1) is 21.8. The van der Waals surface area contributed by atoms with E-state index in [0.29, 0.717) is 6.42 Å². The molecule has 0 bridgehead atoms. The van der Waals surface area contributed by atoms with Crippen LogP contribution in [0, 0.1) is 5.92 Å². The van der Waals surface area contributed by atoms with Gasteiger partial charge in [0.15, 0.2) is 0 Å². The fraction of sp³-hybridized carbons (Fsp3) is 0.286. The number of hydrogen-bond donors (Lipinski definition) is 1. The summed E-state index contributed by atoms with van der Waals surface area (Å²) in [5.74, 6) is 0.00796. The highest BCUT2D eigenvalue weighted by atomic mass is 16.2. The summed E-state index contributed by atoms with van der Waals surface area (Å²) in [6.07, 6.45) is 2.27. The molecule has 0 radical (unpaired) electrons. The Balaban J connectivity index is 1.54. The summed E-state index contributed by atoms with van der Waals surface area (Å²) in [5.41, 5.74) is 5.06. The molecular weight excluding hydrogens is 396 g/mol. The quantitative estimate of drug-likeness (QED) is 0.543. The molecule has 0 unspecified atom stereocenters. The van der Waals surface area contributed by atoms with Crippen molar-refractivity contribution >= 4 is 23.2 Å². The Morgan fingerprint density at radius 1 is 0.906 bits per heavy atom. The molecule has 1 aliphatic heterocycles. The number of carbonyl (C=O) groups is 2.